The van der Waals surface area contributed by atoms with Gasteiger partial charge >= 0.3 is 17.9 Å². The zero-order chi connectivity index (χ0) is 39.3. The molecule has 292 valence electrons. The highest BCUT2D eigenvalue weighted by molar-refractivity contribution is 6.18. The maximum Gasteiger partial charge on any atom is 0.379 e. The lowest BCUT2D eigenvalue weighted by molar-refractivity contribution is -0.290. The zero-order valence-corrected chi connectivity index (χ0v) is 33.1. The molecule has 0 radical (unpaired) electrons. The molecule has 0 amide bonds. The highest BCUT2D eigenvalue weighted by Gasteiger charge is 2.76. The molecule has 0 spiro atoms. The predicted molar refractivity (Wildman–Crippen MR) is 201 cm³/mol. The number of anilines is 1. The Bertz CT molecular complexity index is 1830. The highest BCUT2D eigenvalue weighted by Crippen LogP contribution is 2.70. The number of alkyl halides is 3. The van der Waals surface area contributed by atoms with Crippen LogP contribution < -0.4 is 4.90 Å². The van der Waals surface area contributed by atoms with Gasteiger partial charge < -0.3 is 28.6 Å². The molecule has 0 N–H and O–H groups in total. The van der Waals surface area contributed by atoms with Gasteiger partial charge in [-0.05, 0) is 68.4 Å². The number of ketones is 1. The maximum atomic E-state index is 18.6. The number of ether oxygens (including phenoxy) is 5. The van der Waals surface area contributed by atoms with Gasteiger partial charge in [-0.3, -0.25) is 14.4 Å². The molecule has 3 aliphatic heterocycles. The number of rotatable bonds is 10. The van der Waals surface area contributed by atoms with Crippen LogP contribution in [0.2, 0.25) is 0 Å². The number of fused-ring (bicyclic) bond motifs is 1. The van der Waals surface area contributed by atoms with Crippen molar-refractivity contribution < 1.29 is 47.3 Å². The zero-order valence-electron chi connectivity index (χ0n) is 31.5. The molecule has 54 heavy (non-hydrogen) atoms. The van der Waals surface area contributed by atoms with Crippen molar-refractivity contribution >= 4 is 58.7 Å². The summed E-state index contributed by atoms with van der Waals surface area (Å²) in [6.45, 7) is 9.59. The number of para-hydroxylation sites is 1. The maximum absolute atomic E-state index is 18.6. The molecule has 8 bridgehead atoms. The Morgan fingerprint density at radius 2 is 1.74 bits per heavy atom. The topological polar surface area (TPSA) is 118 Å². The summed E-state index contributed by atoms with van der Waals surface area (Å²) in [5.74, 6) is -4.97. The summed E-state index contributed by atoms with van der Waals surface area (Å²) in [4.78, 5) is 55.6. The first-order valence-corrected chi connectivity index (χ1v) is 19.4. The van der Waals surface area contributed by atoms with Crippen molar-refractivity contribution in [3.8, 4) is 0 Å². The molecule has 7 aliphatic rings. The summed E-state index contributed by atoms with van der Waals surface area (Å²) >= 11 is 12.3. The van der Waals surface area contributed by atoms with Gasteiger partial charge in [0.2, 0.25) is 17.3 Å². The third-order valence-corrected chi connectivity index (χ3v) is 12.5. The fourth-order valence-corrected chi connectivity index (χ4v) is 10.3. The first-order chi connectivity index (χ1) is 25.4. The fourth-order valence-electron chi connectivity index (χ4n) is 9.86. The molecule has 2 fully saturated rings. The van der Waals surface area contributed by atoms with E-state index in [1.165, 1.54) is 13.8 Å². The number of nitrogens with zero attached hydrogens (tertiary/aromatic N) is 1. The Kier molecular flexibility index (Phi) is 10.9. The van der Waals surface area contributed by atoms with Crippen LogP contribution in [0.4, 0.5) is 10.1 Å². The molecule has 1 aromatic carbocycles. The lowest BCUT2D eigenvalue weighted by atomic mass is 9.45. The van der Waals surface area contributed by atoms with Gasteiger partial charge in [0.15, 0.2) is 12.3 Å². The fraction of sp³-hybridized carbons (Fsp3) is 0.561. The molecule has 0 aromatic heterocycles. The van der Waals surface area contributed by atoms with E-state index in [2.05, 4.69) is 0 Å². The van der Waals surface area contributed by atoms with Crippen molar-refractivity contribution in [2.24, 2.45) is 22.7 Å². The molecule has 2 saturated carbocycles. The second-order valence-corrected chi connectivity index (χ2v) is 16.4. The summed E-state index contributed by atoms with van der Waals surface area (Å²) in [6.07, 6.45) is 7.80. The highest BCUT2D eigenvalue weighted by atomic mass is 35.5. The minimum absolute atomic E-state index is 0.0676. The molecule has 7 atom stereocenters. The molecular formula is C41H48Cl2FNO9. The monoisotopic (exact) mass is 787 g/mol. The lowest BCUT2D eigenvalue weighted by Gasteiger charge is -2.62. The molecular weight excluding hydrogens is 740 g/mol. The molecule has 8 rings (SSSR count). The quantitative estimate of drug-likeness (QED) is 0.103. The average Bonchev–Trinajstić information content (AvgIpc) is 3.38. The smallest absolute Gasteiger partial charge is 0.379 e. The van der Waals surface area contributed by atoms with E-state index in [0.717, 1.165) is 5.69 Å². The second kappa shape index (κ2) is 14.8. The summed E-state index contributed by atoms with van der Waals surface area (Å²) in [7, 11) is 0. The van der Waals surface area contributed by atoms with Crippen molar-refractivity contribution in [2.75, 3.05) is 36.4 Å². The Hall–Kier alpha value is -3.67. The molecule has 1 aromatic rings. The number of halogens is 3. The molecule has 0 saturated heterocycles. The third-order valence-electron chi connectivity index (χ3n) is 12.1. The van der Waals surface area contributed by atoms with Crippen LogP contribution in [0.15, 0.2) is 65.7 Å². The van der Waals surface area contributed by atoms with Crippen LogP contribution in [0.1, 0.15) is 72.8 Å². The summed E-state index contributed by atoms with van der Waals surface area (Å²) in [6, 6.07) is 7.37. The summed E-state index contributed by atoms with van der Waals surface area (Å²) < 4.78 is 49.1. The minimum atomic E-state index is -2.11. The van der Waals surface area contributed by atoms with Crippen LogP contribution in [0.3, 0.4) is 0 Å². The van der Waals surface area contributed by atoms with E-state index >= 15 is 4.39 Å². The van der Waals surface area contributed by atoms with E-state index in [1.807, 2.05) is 42.2 Å². The van der Waals surface area contributed by atoms with Gasteiger partial charge in [0.25, 0.3) is 0 Å². The third kappa shape index (κ3) is 6.68. The van der Waals surface area contributed by atoms with E-state index in [4.69, 9.17) is 46.9 Å². The van der Waals surface area contributed by atoms with Crippen LogP contribution in [-0.2, 0) is 42.9 Å². The number of hydrogen-bond acceptors (Lipinski definition) is 10. The van der Waals surface area contributed by atoms with Crippen LogP contribution in [-0.4, -0.2) is 78.3 Å². The van der Waals surface area contributed by atoms with Gasteiger partial charge in [0.05, 0.1) is 0 Å². The van der Waals surface area contributed by atoms with Crippen molar-refractivity contribution in [2.45, 2.75) is 90.4 Å². The number of carbonyl (C=O) groups is 4. The number of benzene rings is 1. The molecule has 13 heteroatoms. The molecule has 10 nitrogen and oxygen atoms in total. The number of Topliss-reactive ketones (excluding diaryl/α,β-unsaturated/α-hetero) is 1. The Morgan fingerprint density at radius 3 is 2.41 bits per heavy atom. The SMILES string of the molecule is CC(=O)OCC(=O)[C@@]12CC[C@@H]3[C@@H]4CC=C5C=C(C=C[C@]5(C)[C@@]4(F)[C@@H](OC(C)=O)C[C@@]31C)OC(=O)C(=Cc1ccccc1N(CCCl)CCCl)OC(C)(C)O2. The van der Waals surface area contributed by atoms with Crippen molar-refractivity contribution in [3.63, 3.8) is 0 Å². The molecule has 4 aliphatic carbocycles. The van der Waals surface area contributed by atoms with Crippen LogP contribution in [0.25, 0.3) is 6.08 Å². The number of carbonyl (C=O) groups excluding carboxylic acids is 4. The Labute approximate surface area is 325 Å². The molecule has 0 unspecified atom stereocenters. The van der Waals surface area contributed by atoms with Crippen molar-refractivity contribution in [1.29, 1.82) is 0 Å². The second-order valence-electron chi connectivity index (χ2n) is 15.7. The van der Waals surface area contributed by atoms with Gasteiger partial charge in [-0.2, -0.15) is 0 Å². The van der Waals surface area contributed by atoms with Gasteiger partial charge in [0, 0.05) is 80.5 Å². The van der Waals surface area contributed by atoms with Crippen molar-refractivity contribution in [3.05, 3.63) is 71.2 Å². The average molecular weight is 789 g/mol. The Balaban J connectivity index is 1.56. The van der Waals surface area contributed by atoms with Crippen molar-refractivity contribution in [1.82, 2.24) is 0 Å². The predicted octanol–water partition coefficient (Wildman–Crippen LogP) is 7.37. The normalized spacial score (nSPS) is 34.3. The largest absolute Gasteiger partial charge is 0.459 e. The van der Waals surface area contributed by atoms with Gasteiger partial charge in [-0.1, -0.05) is 37.3 Å². The lowest BCUT2D eigenvalue weighted by Crippen LogP contribution is -2.70. The number of hydrogen-bond donors (Lipinski definition) is 0. The Morgan fingerprint density at radius 1 is 1.04 bits per heavy atom. The van der Waals surface area contributed by atoms with Crippen LogP contribution >= 0.6 is 23.2 Å². The van der Waals surface area contributed by atoms with E-state index in [-0.39, 0.29) is 30.8 Å². The van der Waals surface area contributed by atoms with Gasteiger partial charge in [-0.15, -0.1) is 23.2 Å². The van der Waals surface area contributed by atoms with Crippen LogP contribution in [0, 0.1) is 22.7 Å². The molecule has 3 heterocycles. The number of allylic oxidation sites excluding steroid dienone is 5. The summed E-state index contributed by atoms with van der Waals surface area (Å²) in [5, 5.41) is 0. The van der Waals surface area contributed by atoms with Crippen LogP contribution in [0.5, 0.6) is 0 Å². The van der Waals surface area contributed by atoms with E-state index in [1.54, 1.807) is 45.1 Å². The van der Waals surface area contributed by atoms with E-state index < -0.39 is 76.1 Å². The van der Waals surface area contributed by atoms with Gasteiger partial charge in [0.1, 0.15) is 17.5 Å². The van der Waals surface area contributed by atoms with E-state index in [9.17, 15) is 19.2 Å². The first-order valence-electron chi connectivity index (χ1n) is 18.4. The first kappa shape index (κ1) is 40.0. The summed E-state index contributed by atoms with van der Waals surface area (Å²) in [5.41, 5.74) is -4.34. The standard InChI is InChI=1S/C41H48Cl2FNO9/c1-25(46)50-24-34(48)40-16-14-30-31-12-11-28-22-29(13-15-38(28,5)41(31,44)35(51-26(2)47)23-39(30,40)6)52-36(49)33(53-37(3,4)54-40)21-27-9-7-8-10-32(27)45(19-17-42)20-18-43/h7-11,13,15,21-22,30-31,35H,12,14,16-20,23-24H2,1-6H3/t30-,31+,35+,38+,39+,40+,41+/m1/s1. The van der Waals surface area contributed by atoms with E-state index in [0.29, 0.717) is 42.4 Å². The number of esters is 3. The van der Waals surface area contributed by atoms with Gasteiger partial charge in [-0.25, -0.2) is 9.18 Å². The minimum Gasteiger partial charge on any atom is -0.459 e.